The van der Waals surface area contributed by atoms with E-state index in [1.54, 1.807) is 6.07 Å². The minimum atomic E-state index is -0.526. The first-order valence-corrected chi connectivity index (χ1v) is 8.25. The predicted molar refractivity (Wildman–Crippen MR) is 97.3 cm³/mol. The van der Waals surface area contributed by atoms with E-state index in [-0.39, 0.29) is 17.9 Å². The van der Waals surface area contributed by atoms with Crippen LogP contribution in [0.4, 0.5) is 20.6 Å². The van der Waals surface area contributed by atoms with Crippen molar-refractivity contribution in [3.63, 3.8) is 0 Å². The first kappa shape index (κ1) is 20.1. The van der Waals surface area contributed by atoms with Crippen LogP contribution in [0.15, 0.2) is 18.2 Å². The molecule has 0 aliphatic carbocycles. The molecule has 0 heterocycles. The third-order valence-corrected chi connectivity index (χ3v) is 3.47. The summed E-state index contributed by atoms with van der Waals surface area (Å²) >= 11 is 0. The maximum atomic E-state index is 14.2. The predicted octanol–water partition coefficient (Wildman–Crippen LogP) is 4.00. The minimum absolute atomic E-state index is 0.0643. The van der Waals surface area contributed by atoms with Gasteiger partial charge >= 0.3 is 6.09 Å². The van der Waals surface area contributed by atoms with Crippen molar-refractivity contribution in [1.29, 1.82) is 0 Å². The van der Waals surface area contributed by atoms with Gasteiger partial charge in [0.1, 0.15) is 11.4 Å². The third-order valence-electron chi connectivity index (χ3n) is 3.47. The van der Waals surface area contributed by atoms with Crippen LogP contribution in [0.3, 0.4) is 0 Å². The molecule has 24 heavy (non-hydrogen) atoms. The van der Waals surface area contributed by atoms with Gasteiger partial charge in [0.15, 0.2) is 0 Å². The standard InChI is InChI=1S/C18H30FN3O2/c1-12(2)22(7)16-9-8-14(10-15(16)19)21-13(3)11-20-17(23)24-18(4,5)6/h8-10,12-13,21H,11H2,1-7H3,(H,20,23). The van der Waals surface area contributed by atoms with E-state index < -0.39 is 11.7 Å². The molecule has 5 nitrogen and oxygen atoms in total. The zero-order valence-electron chi connectivity index (χ0n) is 15.7. The van der Waals surface area contributed by atoms with Crippen LogP contribution in [0, 0.1) is 5.82 Å². The molecular formula is C18H30FN3O2. The maximum absolute atomic E-state index is 14.2. The Hall–Kier alpha value is -1.98. The number of alkyl carbamates (subject to hydrolysis) is 1. The number of halogens is 1. The first-order valence-electron chi connectivity index (χ1n) is 8.25. The Morgan fingerprint density at radius 3 is 2.42 bits per heavy atom. The van der Waals surface area contributed by atoms with E-state index >= 15 is 0 Å². The van der Waals surface area contributed by atoms with E-state index in [2.05, 4.69) is 10.6 Å². The number of nitrogens with one attached hydrogen (secondary N) is 2. The number of carbonyl (C=O) groups excluding carboxylic acids is 1. The number of carbonyl (C=O) groups is 1. The Bertz CT molecular complexity index is 556. The van der Waals surface area contributed by atoms with Crippen LogP contribution in [-0.4, -0.2) is 37.4 Å². The van der Waals surface area contributed by atoms with E-state index in [1.165, 1.54) is 6.07 Å². The van der Waals surface area contributed by atoms with Gasteiger partial charge in [-0.3, -0.25) is 0 Å². The van der Waals surface area contributed by atoms with E-state index in [9.17, 15) is 9.18 Å². The van der Waals surface area contributed by atoms with Crippen molar-refractivity contribution in [2.75, 3.05) is 23.8 Å². The molecule has 0 fully saturated rings. The Morgan fingerprint density at radius 1 is 1.29 bits per heavy atom. The summed E-state index contributed by atoms with van der Waals surface area (Å²) in [6, 6.07) is 5.21. The highest BCUT2D eigenvalue weighted by molar-refractivity contribution is 5.67. The molecular weight excluding hydrogens is 309 g/mol. The second-order valence-electron chi connectivity index (χ2n) is 7.30. The van der Waals surface area contributed by atoms with Crippen LogP contribution in [0.25, 0.3) is 0 Å². The lowest BCUT2D eigenvalue weighted by molar-refractivity contribution is 0.0526. The summed E-state index contributed by atoms with van der Waals surface area (Å²) in [5, 5.41) is 5.86. The number of rotatable bonds is 6. The van der Waals surface area contributed by atoms with Crippen LogP contribution in [0.5, 0.6) is 0 Å². The molecule has 6 heteroatoms. The molecule has 0 radical (unpaired) electrons. The van der Waals surface area contributed by atoms with Crippen molar-refractivity contribution in [2.24, 2.45) is 0 Å². The van der Waals surface area contributed by atoms with Crippen molar-refractivity contribution < 1.29 is 13.9 Å². The Labute approximate surface area is 144 Å². The second-order valence-corrected chi connectivity index (χ2v) is 7.30. The lowest BCUT2D eigenvalue weighted by atomic mass is 10.2. The molecule has 1 atom stereocenters. The van der Waals surface area contributed by atoms with E-state index in [0.29, 0.717) is 17.9 Å². The highest BCUT2D eigenvalue weighted by Gasteiger charge is 2.16. The zero-order chi connectivity index (χ0) is 18.5. The fourth-order valence-corrected chi connectivity index (χ4v) is 2.05. The molecule has 0 saturated heterocycles. The van der Waals surface area contributed by atoms with Gasteiger partial charge in [-0.2, -0.15) is 0 Å². The van der Waals surface area contributed by atoms with Crippen molar-refractivity contribution in [3.05, 3.63) is 24.0 Å². The summed E-state index contributed by atoms with van der Waals surface area (Å²) in [7, 11) is 1.86. The van der Waals surface area contributed by atoms with Gasteiger partial charge in [0.05, 0.1) is 5.69 Å². The molecule has 0 aliphatic heterocycles. The molecule has 2 N–H and O–H groups in total. The van der Waals surface area contributed by atoms with Gasteiger partial charge in [0, 0.05) is 31.4 Å². The maximum Gasteiger partial charge on any atom is 0.407 e. The lowest BCUT2D eigenvalue weighted by Crippen LogP contribution is -2.38. The molecule has 0 bridgehead atoms. The first-order chi connectivity index (χ1) is 11.0. The van der Waals surface area contributed by atoms with Gasteiger partial charge < -0.3 is 20.3 Å². The third kappa shape index (κ3) is 6.64. The van der Waals surface area contributed by atoms with Gasteiger partial charge in [-0.05, 0) is 59.7 Å². The summed E-state index contributed by atoms with van der Waals surface area (Å²) in [5.74, 6) is -0.275. The highest BCUT2D eigenvalue weighted by atomic mass is 19.1. The summed E-state index contributed by atoms with van der Waals surface area (Å²) in [4.78, 5) is 13.5. The van der Waals surface area contributed by atoms with Gasteiger partial charge in [-0.25, -0.2) is 9.18 Å². The lowest BCUT2D eigenvalue weighted by Gasteiger charge is -2.25. The Balaban J connectivity index is 2.57. The molecule has 1 unspecified atom stereocenters. The van der Waals surface area contributed by atoms with Gasteiger partial charge in [-0.1, -0.05) is 0 Å². The quantitative estimate of drug-likeness (QED) is 0.823. The molecule has 0 aliphatic rings. The van der Waals surface area contributed by atoms with Crippen molar-refractivity contribution in [2.45, 2.75) is 59.2 Å². The SMILES string of the molecule is CC(CNC(=O)OC(C)(C)C)Nc1ccc(N(C)C(C)C)c(F)c1. The number of hydrogen-bond acceptors (Lipinski definition) is 4. The van der Waals surface area contributed by atoms with E-state index in [1.807, 2.05) is 59.6 Å². The van der Waals surface area contributed by atoms with Crippen LogP contribution in [0.1, 0.15) is 41.5 Å². The van der Waals surface area contributed by atoms with E-state index in [0.717, 1.165) is 0 Å². The van der Waals surface area contributed by atoms with Crippen LogP contribution >= 0.6 is 0 Å². The largest absolute Gasteiger partial charge is 0.444 e. The molecule has 1 aromatic rings. The minimum Gasteiger partial charge on any atom is -0.444 e. The van der Waals surface area contributed by atoms with Crippen LogP contribution in [-0.2, 0) is 4.74 Å². The number of benzene rings is 1. The molecule has 1 aromatic carbocycles. The fraction of sp³-hybridized carbons (Fsp3) is 0.611. The summed E-state index contributed by atoms with van der Waals surface area (Å²) in [6.45, 7) is 11.7. The molecule has 1 rings (SSSR count). The van der Waals surface area contributed by atoms with E-state index in [4.69, 9.17) is 4.74 Å². The fourth-order valence-electron chi connectivity index (χ4n) is 2.05. The molecule has 0 aromatic heterocycles. The summed E-state index contributed by atoms with van der Waals surface area (Å²) in [5.41, 5.74) is 0.712. The van der Waals surface area contributed by atoms with Crippen LogP contribution in [0.2, 0.25) is 0 Å². The summed E-state index contributed by atoms with van der Waals surface area (Å²) < 4.78 is 19.4. The number of amides is 1. The molecule has 0 spiro atoms. The Morgan fingerprint density at radius 2 is 1.92 bits per heavy atom. The number of ether oxygens (including phenoxy) is 1. The van der Waals surface area contributed by atoms with Crippen molar-refractivity contribution in [3.8, 4) is 0 Å². The van der Waals surface area contributed by atoms with Crippen molar-refractivity contribution >= 4 is 17.5 Å². The Kier molecular flexibility index (Phi) is 6.87. The number of nitrogens with zero attached hydrogens (tertiary/aromatic N) is 1. The summed E-state index contributed by atoms with van der Waals surface area (Å²) in [6.07, 6.45) is -0.462. The number of anilines is 2. The van der Waals surface area contributed by atoms with Crippen molar-refractivity contribution in [1.82, 2.24) is 5.32 Å². The topological polar surface area (TPSA) is 53.6 Å². The van der Waals surface area contributed by atoms with Gasteiger partial charge in [0.25, 0.3) is 0 Å². The number of hydrogen-bond donors (Lipinski definition) is 2. The molecule has 1 amide bonds. The van der Waals surface area contributed by atoms with Gasteiger partial charge in [-0.15, -0.1) is 0 Å². The average Bonchev–Trinajstić information content (AvgIpc) is 2.42. The monoisotopic (exact) mass is 339 g/mol. The average molecular weight is 339 g/mol. The normalized spacial score (nSPS) is 12.7. The molecule has 136 valence electrons. The van der Waals surface area contributed by atoms with Gasteiger partial charge in [0.2, 0.25) is 0 Å². The highest BCUT2D eigenvalue weighted by Crippen LogP contribution is 2.23. The zero-order valence-corrected chi connectivity index (χ0v) is 15.7. The van der Waals surface area contributed by atoms with Crippen LogP contribution < -0.4 is 15.5 Å². The second kappa shape index (κ2) is 8.22. The smallest absolute Gasteiger partial charge is 0.407 e. The molecule has 0 saturated carbocycles.